The fourth-order valence-corrected chi connectivity index (χ4v) is 3.28. The summed E-state index contributed by atoms with van der Waals surface area (Å²) in [6.07, 6.45) is 1.03. The molecular formula is C16H23FN6O2S. The van der Waals surface area contributed by atoms with Crippen LogP contribution in [0.1, 0.15) is 37.2 Å². The molecule has 0 saturated carbocycles. The third-order valence-electron chi connectivity index (χ3n) is 3.95. The van der Waals surface area contributed by atoms with E-state index in [1.54, 1.807) is 13.0 Å². The third-order valence-corrected chi connectivity index (χ3v) is 6.50. The van der Waals surface area contributed by atoms with E-state index in [1.807, 2.05) is 19.3 Å². The molecule has 26 heavy (non-hydrogen) atoms. The third kappa shape index (κ3) is 4.85. The molecule has 0 spiro atoms. The maximum absolute atomic E-state index is 13.4. The van der Waals surface area contributed by atoms with Crippen molar-refractivity contribution in [1.29, 1.82) is 9.56 Å². The van der Waals surface area contributed by atoms with E-state index >= 15 is 0 Å². The molecule has 2 rings (SSSR count). The van der Waals surface area contributed by atoms with Gasteiger partial charge in [-0.25, -0.2) is 14.0 Å². The molecule has 142 valence electrons. The Morgan fingerprint density at radius 1 is 1.38 bits per heavy atom. The molecule has 2 aromatic rings. The summed E-state index contributed by atoms with van der Waals surface area (Å²) in [7, 11) is -2.16. The molecule has 0 unspecified atom stereocenters. The van der Waals surface area contributed by atoms with Gasteiger partial charge in [0.05, 0.1) is 5.69 Å². The van der Waals surface area contributed by atoms with Crippen molar-refractivity contribution in [2.75, 3.05) is 5.75 Å². The van der Waals surface area contributed by atoms with Crippen LogP contribution in [0.3, 0.4) is 0 Å². The first-order chi connectivity index (χ1) is 12.2. The Balaban J connectivity index is 2.18. The van der Waals surface area contributed by atoms with Crippen LogP contribution >= 0.6 is 0 Å². The van der Waals surface area contributed by atoms with Crippen molar-refractivity contribution >= 4 is 21.1 Å². The molecule has 10 heteroatoms. The summed E-state index contributed by atoms with van der Waals surface area (Å²) in [6.45, 7) is 5.38. The molecule has 0 fully saturated rings. The van der Waals surface area contributed by atoms with Gasteiger partial charge in [-0.2, -0.15) is 0 Å². The summed E-state index contributed by atoms with van der Waals surface area (Å²) in [6, 6.07) is 4.32. The minimum Gasteiger partial charge on any atom is -0.290 e. The van der Waals surface area contributed by atoms with E-state index in [-0.39, 0.29) is 22.6 Å². The molecule has 1 aromatic heterocycles. The molecule has 1 heterocycles. The number of hydroxylamine groups is 1. The Morgan fingerprint density at radius 2 is 2.12 bits per heavy atom. The highest BCUT2D eigenvalue weighted by Crippen LogP contribution is 2.18. The molecule has 0 bridgehead atoms. The quantitative estimate of drug-likeness (QED) is 0.330. The number of halogens is 1. The highest BCUT2D eigenvalue weighted by atomic mass is 32.2. The van der Waals surface area contributed by atoms with E-state index < -0.39 is 9.62 Å². The zero-order valence-corrected chi connectivity index (χ0v) is 15.7. The van der Waals surface area contributed by atoms with Crippen molar-refractivity contribution in [3.8, 4) is 0 Å². The van der Waals surface area contributed by atoms with E-state index in [0.29, 0.717) is 35.5 Å². The molecule has 4 N–H and O–H groups in total. The molecule has 0 aliphatic rings. The van der Waals surface area contributed by atoms with Gasteiger partial charge in [0.15, 0.2) is 11.5 Å². The highest BCUT2D eigenvalue weighted by molar-refractivity contribution is 7.93. The van der Waals surface area contributed by atoms with E-state index in [0.717, 1.165) is 0 Å². The summed E-state index contributed by atoms with van der Waals surface area (Å²) < 4.78 is 34.2. The van der Waals surface area contributed by atoms with Crippen LogP contribution in [0.4, 0.5) is 10.1 Å². The van der Waals surface area contributed by atoms with Crippen LogP contribution < -0.4 is 5.48 Å². The normalized spacial score (nSPS) is 12.6. The van der Waals surface area contributed by atoms with Crippen molar-refractivity contribution in [3.05, 3.63) is 41.0 Å². The fraction of sp³-hybridized carbons (Fsp3) is 0.438. The Kier molecular flexibility index (Phi) is 6.43. The second kappa shape index (κ2) is 8.37. The number of amidine groups is 1. The van der Waals surface area contributed by atoms with Gasteiger partial charge in [-0.15, -0.1) is 0 Å². The number of nitrogens with zero attached hydrogens (tertiary/aromatic N) is 3. The maximum atomic E-state index is 13.4. The van der Waals surface area contributed by atoms with E-state index in [2.05, 4.69) is 15.3 Å². The Morgan fingerprint density at radius 3 is 2.73 bits per heavy atom. The van der Waals surface area contributed by atoms with Crippen LogP contribution in [-0.2, 0) is 16.0 Å². The summed E-state index contributed by atoms with van der Waals surface area (Å²) in [5, 5.41) is 17.0. The van der Waals surface area contributed by atoms with Crippen molar-refractivity contribution in [2.45, 2.75) is 38.9 Å². The average Bonchev–Trinajstić information content (AvgIpc) is 3.04. The molecule has 0 aliphatic carbocycles. The number of benzene rings is 1. The first kappa shape index (κ1) is 20.0. The van der Waals surface area contributed by atoms with Gasteiger partial charge < -0.3 is 0 Å². The number of hydrogen-bond donors (Lipinski definition) is 4. The molecule has 0 aliphatic heterocycles. The molecular weight excluding hydrogens is 359 g/mol. The van der Waals surface area contributed by atoms with Crippen LogP contribution in [0.5, 0.6) is 0 Å². The van der Waals surface area contributed by atoms with Gasteiger partial charge in [0, 0.05) is 11.0 Å². The van der Waals surface area contributed by atoms with Crippen LogP contribution in [-0.4, -0.2) is 32.4 Å². The first-order valence-electron chi connectivity index (χ1n) is 8.10. The van der Waals surface area contributed by atoms with E-state index in [1.165, 1.54) is 12.1 Å². The van der Waals surface area contributed by atoms with Crippen LogP contribution in [0.15, 0.2) is 27.8 Å². The largest absolute Gasteiger partial charge is 0.290 e. The lowest BCUT2D eigenvalue weighted by Crippen LogP contribution is -2.22. The molecule has 1 aromatic carbocycles. The van der Waals surface area contributed by atoms with Crippen LogP contribution in [0.2, 0.25) is 0 Å². The fourth-order valence-electron chi connectivity index (χ4n) is 2.21. The molecule has 0 radical (unpaired) electrons. The standard InChI is InChI=1S/C16H23FN6O2S/c1-10(2)26(18,19)8-4-5-14-15(23-25-22-14)16(21-24)20-12-6-7-13(17)11(3)9-12/h6-7,9-10,18-19,24H,4-5,8H2,1-3H3,(H,20,21). The summed E-state index contributed by atoms with van der Waals surface area (Å²) in [5.74, 6) is 0.146. The van der Waals surface area contributed by atoms with Gasteiger partial charge in [0.25, 0.3) is 0 Å². The minimum absolute atomic E-state index is 0.00430. The van der Waals surface area contributed by atoms with Crippen molar-refractivity contribution in [1.82, 2.24) is 15.8 Å². The Labute approximate surface area is 151 Å². The molecule has 8 nitrogen and oxygen atoms in total. The predicted octanol–water partition coefficient (Wildman–Crippen LogP) is 3.59. The highest BCUT2D eigenvalue weighted by Gasteiger charge is 2.17. The lowest BCUT2D eigenvalue weighted by Gasteiger charge is -2.14. The topological polar surface area (TPSA) is 131 Å². The second-order valence-corrected chi connectivity index (χ2v) is 9.15. The van der Waals surface area contributed by atoms with Gasteiger partial charge in [-0.05, 0) is 48.7 Å². The zero-order valence-electron chi connectivity index (χ0n) is 14.9. The number of rotatable bonds is 7. The van der Waals surface area contributed by atoms with E-state index in [4.69, 9.17) is 14.2 Å². The maximum Gasteiger partial charge on any atom is 0.181 e. The molecule has 0 atom stereocenters. The van der Waals surface area contributed by atoms with E-state index in [9.17, 15) is 9.60 Å². The monoisotopic (exact) mass is 382 g/mol. The van der Waals surface area contributed by atoms with Gasteiger partial charge in [-0.3, -0.25) is 20.2 Å². The van der Waals surface area contributed by atoms with Crippen LogP contribution in [0.25, 0.3) is 0 Å². The number of aromatic nitrogens is 2. The smallest absolute Gasteiger partial charge is 0.181 e. The number of nitrogens with one attached hydrogen (secondary N) is 3. The Bertz CT molecular complexity index is 892. The van der Waals surface area contributed by atoms with Crippen molar-refractivity contribution in [2.24, 2.45) is 4.99 Å². The molecule has 0 saturated heterocycles. The zero-order chi connectivity index (χ0) is 19.3. The number of hydrogen-bond acceptors (Lipinski definition) is 7. The summed E-state index contributed by atoms with van der Waals surface area (Å²) in [4.78, 5) is 4.22. The molecule has 0 amide bonds. The number of aliphatic imine (C=N–C) groups is 1. The van der Waals surface area contributed by atoms with Gasteiger partial charge >= 0.3 is 0 Å². The van der Waals surface area contributed by atoms with Gasteiger partial charge in [0.1, 0.15) is 11.5 Å². The Hall–Kier alpha value is -2.33. The minimum atomic E-state index is -2.16. The predicted molar refractivity (Wildman–Crippen MR) is 97.7 cm³/mol. The van der Waals surface area contributed by atoms with Crippen molar-refractivity contribution in [3.63, 3.8) is 0 Å². The average molecular weight is 382 g/mol. The number of aryl methyl sites for hydroxylation is 2. The van der Waals surface area contributed by atoms with Crippen molar-refractivity contribution < 1.29 is 14.2 Å². The lowest BCUT2D eigenvalue weighted by molar-refractivity contribution is 0.234. The SMILES string of the molecule is Cc1cc(N=C(NO)c2nonc2CCCS(=N)(=N)C(C)C)ccc1F. The van der Waals surface area contributed by atoms with Crippen LogP contribution in [0, 0.1) is 22.3 Å². The first-order valence-corrected chi connectivity index (χ1v) is 9.97. The summed E-state index contributed by atoms with van der Waals surface area (Å²) >= 11 is 0. The summed E-state index contributed by atoms with van der Waals surface area (Å²) in [5.41, 5.74) is 3.57. The lowest BCUT2D eigenvalue weighted by atomic mass is 10.2. The second-order valence-electron chi connectivity index (χ2n) is 6.21. The van der Waals surface area contributed by atoms with Gasteiger partial charge in [-0.1, -0.05) is 28.6 Å². The van der Waals surface area contributed by atoms with Gasteiger partial charge in [0.2, 0.25) is 0 Å².